The fraction of sp³-hybridized carbons (Fsp3) is 0.357. The monoisotopic (exact) mass is 493 g/mol. The molecule has 1 aromatic heterocycles. The number of ether oxygens (including phenoxy) is 1. The van der Waals surface area contributed by atoms with E-state index in [4.69, 9.17) is 4.74 Å². The van der Waals surface area contributed by atoms with Crippen LogP contribution in [0.2, 0.25) is 0 Å². The molecule has 1 aliphatic carbocycles. The number of halogens is 1. The highest BCUT2D eigenvalue weighted by molar-refractivity contribution is 5.68. The second-order valence-corrected chi connectivity index (χ2v) is 9.47. The van der Waals surface area contributed by atoms with Crippen LogP contribution in [-0.4, -0.2) is 53.2 Å². The molecule has 1 aliphatic rings. The van der Waals surface area contributed by atoms with Gasteiger partial charge in [-0.2, -0.15) is 4.73 Å². The second-order valence-electron chi connectivity index (χ2n) is 9.47. The lowest BCUT2D eigenvalue weighted by Crippen LogP contribution is -2.18. The third-order valence-electron chi connectivity index (χ3n) is 6.33. The Morgan fingerprint density at radius 2 is 2.00 bits per heavy atom. The summed E-state index contributed by atoms with van der Waals surface area (Å²) in [5.41, 5.74) is 5.34. The van der Waals surface area contributed by atoms with Gasteiger partial charge in [0.05, 0.1) is 13.0 Å². The number of hydrogen-bond donors (Lipinski definition) is 2. The highest BCUT2D eigenvalue weighted by Gasteiger charge is 2.26. The number of aliphatic carboxylic acids is 1. The van der Waals surface area contributed by atoms with Crippen LogP contribution < -0.4 is 10.2 Å². The van der Waals surface area contributed by atoms with E-state index in [0.29, 0.717) is 44.4 Å². The van der Waals surface area contributed by atoms with Crippen molar-refractivity contribution in [3.05, 3.63) is 93.8 Å². The highest BCUT2D eigenvalue weighted by Crippen LogP contribution is 2.37. The second kappa shape index (κ2) is 11.4. The zero-order valence-electron chi connectivity index (χ0n) is 20.7. The van der Waals surface area contributed by atoms with Crippen LogP contribution in [0.1, 0.15) is 46.6 Å². The summed E-state index contributed by atoms with van der Waals surface area (Å²) in [6.45, 7) is 1.63. The highest BCUT2D eigenvalue weighted by atomic mass is 19.1. The minimum absolute atomic E-state index is 0.00189. The average molecular weight is 494 g/mol. The maximum absolute atomic E-state index is 14.1. The Hall–Kier alpha value is -3.65. The molecule has 2 N–H and O–H groups in total. The summed E-state index contributed by atoms with van der Waals surface area (Å²) >= 11 is 0. The normalized spacial score (nSPS) is 15.3. The maximum Gasteiger partial charge on any atom is 0.303 e. The van der Waals surface area contributed by atoms with Crippen LogP contribution in [0.5, 0.6) is 5.75 Å². The number of benzene rings is 2. The molecule has 0 bridgehead atoms. The number of hydrogen-bond acceptors (Lipinski definition) is 5. The van der Waals surface area contributed by atoms with Gasteiger partial charge >= 0.3 is 5.97 Å². The molecule has 3 aromatic rings. The fourth-order valence-electron chi connectivity index (χ4n) is 4.76. The van der Waals surface area contributed by atoms with Crippen LogP contribution in [0.3, 0.4) is 0 Å². The van der Waals surface area contributed by atoms with Crippen molar-refractivity contribution in [2.45, 2.75) is 38.1 Å². The van der Waals surface area contributed by atoms with Crippen LogP contribution in [-0.2, 0) is 24.2 Å². The zero-order valence-corrected chi connectivity index (χ0v) is 20.7. The van der Waals surface area contributed by atoms with Crippen molar-refractivity contribution in [3.63, 3.8) is 0 Å². The van der Waals surface area contributed by atoms with Gasteiger partial charge in [-0.15, -0.1) is 0 Å². The molecule has 2 aromatic carbocycles. The Morgan fingerprint density at radius 1 is 1.17 bits per heavy atom. The smallest absolute Gasteiger partial charge is 0.303 e. The van der Waals surface area contributed by atoms with Gasteiger partial charge in [0.1, 0.15) is 11.6 Å². The molecular formula is C28H32FN3O4. The summed E-state index contributed by atoms with van der Waals surface area (Å²) in [5.74, 6) is -0.626. The van der Waals surface area contributed by atoms with Crippen molar-refractivity contribution in [2.24, 2.45) is 4.99 Å². The Labute approximate surface area is 210 Å². The Balaban J connectivity index is 1.58. The molecular weight excluding hydrogens is 461 g/mol. The molecule has 1 heterocycles. The van der Waals surface area contributed by atoms with Crippen molar-refractivity contribution < 1.29 is 24.2 Å². The molecule has 1 unspecified atom stereocenters. The van der Waals surface area contributed by atoms with E-state index in [1.807, 2.05) is 26.2 Å². The minimum Gasteiger partial charge on any atom is -0.493 e. The van der Waals surface area contributed by atoms with Crippen molar-refractivity contribution in [1.82, 2.24) is 9.63 Å². The molecule has 7 nitrogen and oxygen atoms in total. The molecule has 0 saturated carbocycles. The van der Waals surface area contributed by atoms with Gasteiger partial charge in [-0.1, -0.05) is 18.2 Å². The van der Waals surface area contributed by atoms with Gasteiger partial charge in [-0.25, -0.2) is 4.39 Å². The SMILES string of the molecule is CN(C)Cc1cc2c(cc1OCCCN=c1ccccn1O)Cc1cc(F)ccc1C(CC(=O)O)C2. The van der Waals surface area contributed by atoms with E-state index in [1.165, 1.54) is 18.3 Å². The Morgan fingerprint density at radius 3 is 2.75 bits per heavy atom. The van der Waals surface area contributed by atoms with Crippen LogP contribution >= 0.6 is 0 Å². The van der Waals surface area contributed by atoms with Crippen LogP contribution in [0.15, 0.2) is 59.7 Å². The predicted molar refractivity (Wildman–Crippen MR) is 134 cm³/mol. The number of nitrogens with zero attached hydrogens (tertiary/aromatic N) is 3. The van der Waals surface area contributed by atoms with Crippen molar-refractivity contribution >= 4 is 5.97 Å². The quantitative estimate of drug-likeness (QED) is 0.348. The largest absolute Gasteiger partial charge is 0.493 e. The molecule has 0 saturated heterocycles. The summed E-state index contributed by atoms with van der Waals surface area (Å²) in [5, 5.41) is 19.3. The van der Waals surface area contributed by atoms with E-state index >= 15 is 0 Å². The lowest BCUT2D eigenvalue weighted by molar-refractivity contribution is -0.137. The van der Waals surface area contributed by atoms with Crippen LogP contribution in [0, 0.1) is 5.82 Å². The number of rotatable bonds is 9. The minimum atomic E-state index is -0.861. The molecule has 0 spiro atoms. The molecule has 0 fully saturated rings. The first kappa shape index (κ1) is 25.4. The van der Waals surface area contributed by atoms with E-state index < -0.39 is 5.97 Å². The molecule has 0 aliphatic heterocycles. The summed E-state index contributed by atoms with van der Waals surface area (Å²) in [7, 11) is 3.98. The third-order valence-corrected chi connectivity index (χ3v) is 6.33. The third kappa shape index (κ3) is 6.31. The Kier molecular flexibility index (Phi) is 8.05. The van der Waals surface area contributed by atoms with Gasteiger partial charge in [-0.05, 0) is 85.4 Å². The van der Waals surface area contributed by atoms with E-state index in [9.17, 15) is 19.5 Å². The molecule has 4 rings (SSSR count). The van der Waals surface area contributed by atoms with Gasteiger partial charge in [-0.3, -0.25) is 9.79 Å². The van der Waals surface area contributed by atoms with E-state index in [2.05, 4.69) is 16.0 Å². The first-order chi connectivity index (χ1) is 17.3. The first-order valence-corrected chi connectivity index (χ1v) is 12.1. The van der Waals surface area contributed by atoms with Crippen molar-refractivity contribution in [2.75, 3.05) is 27.2 Å². The topological polar surface area (TPSA) is 87.3 Å². The Bertz CT molecular complexity index is 1300. The summed E-state index contributed by atoms with van der Waals surface area (Å²) in [4.78, 5) is 18.1. The van der Waals surface area contributed by atoms with Gasteiger partial charge in [0.2, 0.25) is 0 Å². The zero-order chi connectivity index (χ0) is 25.7. The fourth-order valence-corrected chi connectivity index (χ4v) is 4.76. The molecule has 0 radical (unpaired) electrons. The lowest BCUT2D eigenvalue weighted by Gasteiger charge is -2.19. The predicted octanol–water partition coefficient (Wildman–Crippen LogP) is 4.00. The summed E-state index contributed by atoms with van der Waals surface area (Å²) < 4.78 is 21.3. The summed E-state index contributed by atoms with van der Waals surface area (Å²) in [6.07, 6.45) is 3.30. The number of carboxylic acids is 1. The van der Waals surface area contributed by atoms with E-state index in [1.54, 1.807) is 18.2 Å². The lowest BCUT2D eigenvalue weighted by atomic mass is 9.88. The molecule has 0 amide bonds. The number of pyridine rings is 1. The molecule has 190 valence electrons. The van der Waals surface area contributed by atoms with E-state index in [-0.39, 0.29) is 18.2 Å². The number of aromatic nitrogens is 1. The van der Waals surface area contributed by atoms with Crippen LogP contribution in [0.25, 0.3) is 0 Å². The van der Waals surface area contributed by atoms with E-state index in [0.717, 1.165) is 38.3 Å². The van der Waals surface area contributed by atoms with Crippen molar-refractivity contribution in [1.29, 1.82) is 0 Å². The molecule has 1 atom stereocenters. The van der Waals surface area contributed by atoms with Gasteiger partial charge in [0.25, 0.3) is 0 Å². The number of carboxylic acid groups (broad SMARTS) is 1. The maximum atomic E-state index is 14.1. The van der Waals surface area contributed by atoms with Crippen molar-refractivity contribution in [3.8, 4) is 5.75 Å². The first-order valence-electron chi connectivity index (χ1n) is 12.1. The number of carbonyl (C=O) groups is 1. The number of fused-ring (bicyclic) bond motifs is 2. The molecule has 36 heavy (non-hydrogen) atoms. The van der Waals surface area contributed by atoms with Gasteiger partial charge < -0.3 is 20.0 Å². The van der Waals surface area contributed by atoms with Gasteiger partial charge in [0, 0.05) is 31.3 Å². The van der Waals surface area contributed by atoms with Crippen LogP contribution in [0.4, 0.5) is 4.39 Å². The average Bonchev–Trinajstić information content (AvgIpc) is 2.94. The summed E-state index contributed by atoms with van der Waals surface area (Å²) in [6, 6.07) is 14.1. The standard InChI is InChI=1S/C28H32FN3O4/c1-31(2)18-23-14-19-12-22(17-28(33)34)25-8-7-24(29)15-21(25)13-20(19)16-26(23)36-11-5-9-30-27-6-3-4-10-32(27)35/h3-4,6-8,10,14-16,22,35H,5,9,11-13,17-18H2,1-2H3,(H,33,34). The van der Waals surface area contributed by atoms with Gasteiger partial charge in [0.15, 0.2) is 5.49 Å². The molecule has 8 heteroatoms.